The Bertz CT molecular complexity index is 516. The van der Waals surface area contributed by atoms with Crippen molar-refractivity contribution in [3.63, 3.8) is 0 Å². The number of benzene rings is 1. The van der Waals surface area contributed by atoms with Crippen LogP contribution in [0.15, 0.2) is 24.3 Å². The molecular formula is C18H29N3O3. The molecule has 2 rings (SSSR count). The van der Waals surface area contributed by atoms with Gasteiger partial charge < -0.3 is 20.5 Å². The molecule has 0 unspecified atom stereocenters. The number of nitrogens with zero attached hydrogens (tertiary/aromatic N) is 1. The van der Waals surface area contributed by atoms with E-state index >= 15 is 0 Å². The number of nitrogens with two attached hydrogens (primary N) is 1. The van der Waals surface area contributed by atoms with Crippen molar-refractivity contribution in [1.29, 1.82) is 0 Å². The Morgan fingerprint density at radius 1 is 1.33 bits per heavy atom. The van der Waals surface area contributed by atoms with Crippen molar-refractivity contribution < 1.29 is 14.3 Å². The minimum absolute atomic E-state index is 0.116. The number of nitrogens with one attached hydrogen (secondary N) is 1. The summed E-state index contributed by atoms with van der Waals surface area (Å²) in [5.41, 5.74) is 6.83. The molecule has 0 aromatic heterocycles. The van der Waals surface area contributed by atoms with Crippen LogP contribution < -0.4 is 15.8 Å². The molecule has 1 heterocycles. The van der Waals surface area contributed by atoms with Crippen molar-refractivity contribution in [1.82, 2.24) is 10.2 Å². The second kappa shape index (κ2) is 9.61. The molecule has 0 spiro atoms. The van der Waals surface area contributed by atoms with E-state index in [2.05, 4.69) is 10.2 Å². The summed E-state index contributed by atoms with van der Waals surface area (Å²) in [6.45, 7) is 9.28. The van der Waals surface area contributed by atoms with Crippen molar-refractivity contribution in [2.45, 2.75) is 26.4 Å². The van der Waals surface area contributed by atoms with Crippen molar-refractivity contribution in [3.05, 3.63) is 29.8 Å². The van der Waals surface area contributed by atoms with E-state index in [0.29, 0.717) is 13.2 Å². The predicted octanol–water partition coefficient (Wildman–Crippen LogP) is 0.997. The lowest BCUT2D eigenvalue weighted by atomic mass is 10.0. The topological polar surface area (TPSA) is 76.8 Å². The third kappa shape index (κ3) is 5.78. The highest BCUT2D eigenvalue weighted by Crippen LogP contribution is 2.18. The lowest BCUT2D eigenvalue weighted by Crippen LogP contribution is -2.43. The average molecular weight is 335 g/mol. The summed E-state index contributed by atoms with van der Waals surface area (Å²) in [6, 6.07) is 7.29. The Hall–Kier alpha value is -1.63. The fourth-order valence-corrected chi connectivity index (χ4v) is 2.50. The molecule has 1 aliphatic heterocycles. The zero-order chi connectivity index (χ0) is 17.4. The number of rotatable bonds is 8. The summed E-state index contributed by atoms with van der Waals surface area (Å²) >= 11 is 0. The van der Waals surface area contributed by atoms with Gasteiger partial charge in [0.1, 0.15) is 12.4 Å². The molecule has 1 atom stereocenters. The summed E-state index contributed by atoms with van der Waals surface area (Å²) < 4.78 is 11.3. The lowest BCUT2D eigenvalue weighted by molar-refractivity contribution is -0.123. The maximum atomic E-state index is 12.0. The van der Waals surface area contributed by atoms with Crippen LogP contribution in [-0.4, -0.2) is 56.3 Å². The first-order valence-corrected chi connectivity index (χ1v) is 8.62. The van der Waals surface area contributed by atoms with Crippen LogP contribution in [0.4, 0.5) is 0 Å². The number of amides is 1. The first kappa shape index (κ1) is 18.7. The smallest absolute Gasteiger partial charge is 0.237 e. The van der Waals surface area contributed by atoms with E-state index in [1.165, 1.54) is 0 Å². The Morgan fingerprint density at radius 3 is 2.75 bits per heavy atom. The van der Waals surface area contributed by atoms with Gasteiger partial charge in [-0.15, -0.1) is 0 Å². The zero-order valence-electron chi connectivity index (χ0n) is 14.7. The number of hydrogen-bond donors (Lipinski definition) is 2. The Morgan fingerprint density at radius 2 is 2.04 bits per heavy atom. The maximum Gasteiger partial charge on any atom is 0.237 e. The average Bonchev–Trinajstić information content (AvgIpc) is 2.60. The molecule has 1 aliphatic rings. The van der Waals surface area contributed by atoms with E-state index < -0.39 is 6.04 Å². The maximum absolute atomic E-state index is 12.0. The molecule has 134 valence electrons. The van der Waals surface area contributed by atoms with Crippen molar-refractivity contribution in [2.75, 3.05) is 39.5 Å². The van der Waals surface area contributed by atoms with E-state index in [1.807, 2.05) is 38.1 Å². The number of carbonyl (C=O) groups excluding carboxylic acids is 1. The van der Waals surface area contributed by atoms with E-state index in [0.717, 1.165) is 44.2 Å². The van der Waals surface area contributed by atoms with Gasteiger partial charge >= 0.3 is 0 Å². The second-order valence-corrected chi connectivity index (χ2v) is 6.40. The number of carbonyl (C=O) groups is 1. The van der Waals surface area contributed by atoms with Crippen LogP contribution in [0.2, 0.25) is 0 Å². The quantitative estimate of drug-likeness (QED) is 0.741. The fraction of sp³-hybridized carbons (Fsp3) is 0.611. The van der Waals surface area contributed by atoms with Crippen LogP contribution in [0.5, 0.6) is 5.75 Å². The molecule has 0 bridgehead atoms. The van der Waals surface area contributed by atoms with Gasteiger partial charge in [0.15, 0.2) is 0 Å². The van der Waals surface area contributed by atoms with Crippen LogP contribution in [0.1, 0.15) is 19.4 Å². The molecule has 0 radical (unpaired) electrons. The molecule has 1 aromatic rings. The number of hydrogen-bond acceptors (Lipinski definition) is 5. The summed E-state index contributed by atoms with van der Waals surface area (Å²) in [6.07, 6.45) is 0. The van der Waals surface area contributed by atoms with Gasteiger partial charge in [0.2, 0.25) is 5.91 Å². The Balaban J connectivity index is 1.82. The second-order valence-electron chi connectivity index (χ2n) is 6.40. The molecule has 0 aliphatic carbocycles. The molecule has 0 saturated carbocycles. The monoisotopic (exact) mass is 335 g/mol. The summed E-state index contributed by atoms with van der Waals surface area (Å²) in [5.74, 6) is 0.794. The van der Waals surface area contributed by atoms with Gasteiger partial charge in [-0.2, -0.15) is 0 Å². The highest BCUT2D eigenvalue weighted by atomic mass is 16.5. The standard InChI is InChI=1S/C18H29N3O3/c1-14(2)17(19)18(22)20-13-15-5-3-4-6-16(15)24-12-9-21-7-10-23-11-8-21/h3-6,14,17H,7-13,19H2,1-2H3,(H,20,22)/t17-/m0/s1. The number of para-hydroxylation sites is 1. The van der Waals surface area contributed by atoms with Crippen molar-refractivity contribution in [2.24, 2.45) is 11.7 Å². The number of ether oxygens (including phenoxy) is 2. The Labute approximate surface area is 144 Å². The van der Waals surface area contributed by atoms with Gasteiger partial charge in [-0.1, -0.05) is 32.0 Å². The van der Waals surface area contributed by atoms with Gasteiger partial charge in [-0.25, -0.2) is 0 Å². The zero-order valence-corrected chi connectivity index (χ0v) is 14.7. The molecule has 1 saturated heterocycles. The van der Waals surface area contributed by atoms with E-state index in [4.69, 9.17) is 15.2 Å². The van der Waals surface area contributed by atoms with Gasteiger partial charge in [-0.3, -0.25) is 9.69 Å². The van der Waals surface area contributed by atoms with Crippen LogP contribution >= 0.6 is 0 Å². The molecule has 24 heavy (non-hydrogen) atoms. The normalized spacial score (nSPS) is 16.8. The summed E-state index contributed by atoms with van der Waals surface area (Å²) in [7, 11) is 0. The SMILES string of the molecule is CC(C)[C@H](N)C(=O)NCc1ccccc1OCCN1CCOCC1. The van der Waals surface area contributed by atoms with Crippen LogP contribution in [-0.2, 0) is 16.1 Å². The molecule has 3 N–H and O–H groups in total. The molecule has 1 aromatic carbocycles. The van der Waals surface area contributed by atoms with Gasteiger partial charge in [0.25, 0.3) is 0 Å². The summed E-state index contributed by atoms with van der Waals surface area (Å²) in [4.78, 5) is 14.3. The first-order valence-electron chi connectivity index (χ1n) is 8.62. The highest BCUT2D eigenvalue weighted by Gasteiger charge is 2.17. The van der Waals surface area contributed by atoms with Gasteiger partial charge in [0, 0.05) is 31.7 Å². The van der Waals surface area contributed by atoms with Crippen molar-refractivity contribution in [3.8, 4) is 5.75 Å². The molecule has 1 amide bonds. The molecular weight excluding hydrogens is 306 g/mol. The fourth-order valence-electron chi connectivity index (χ4n) is 2.50. The summed E-state index contributed by atoms with van der Waals surface area (Å²) in [5, 5.41) is 2.89. The minimum Gasteiger partial charge on any atom is -0.492 e. The van der Waals surface area contributed by atoms with Gasteiger partial charge in [0.05, 0.1) is 19.3 Å². The van der Waals surface area contributed by atoms with Gasteiger partial charge in [-0.05, 0) is 12.0 Å². The van der Waals surface area contributed by atoms with Crippen LogP contribution in [0.25, 0.3) is 0 Å². The highest BCUT2D eigenvalue weighted by molar-refractivity contribution is 5.81. The molecule has 6 nitrogen and oxygen atoms in total. The largest absolute Gasteiger partial charge is 0.492 e. The van der Waals surface area contributed by atoms with Crippen LogP contribution in [0, 0.1) is 5.92 Å². The third-order valence-electron chi connectivity index (χ3n) is 4.22. The predicted molar refractivity (Wildman–Crippen MR) is 93.9 cm³/mol. The first-order chi connectivity index (χ1) is 11.6. The lowest BCUT2D eigenvalue weighted by Gasteiger charge is -2.26. The minimum atomic E-state index is -0.487. The van der Waals surface area contributed by atoms with E-state index in [9.17, 15) is 4.79 Å². The van der Waals surface area contributed by atoms with E-state index in [1.54, 1.807) is 0 Å². The molecule has 6 heteroatoms. The number of morpholine rings is 1. The Kier molecular flexibility index (Phi) is 7.49. The van der Waals surface area contributed by atoms with Crippen LogP contribution in [0.3, 0.4) is 0 Å². The molecule has 1 fully saturated rings. The van der Waals surface area contributed by atoms with Crippen molar-refractivity contribution >= 4 is 5.91 Å². The van der Waals surface area contributed by atoms with E-state index in [-0.39, 0.29) is 11.8 Å². The third-order valence-corrected chi connectivity index (χ3v) is 4.22.